The number of ether oxygens (including phenoxy) is 2. The molecule has 4 nitrogen and oxygen atoms in total. The number of aryl methyl sites for hydroxylation is 1. The average molecular weight is 295 g/mol. The van der Waals surface area contributed by atoms with Gasteiger partial charge >= 0.3 is 0 Å². The van der Waals surface area contributed by atoms with Gasteiger partial charge in [-0.05, 0) is 24.1 Å². The van der Waals surface area contributed by atoms with E-state index >= 15 is 0 Å². The zero-order chi connectivity index (χ0) is 15.4. The Kier molecular flexibility index (Phi) is 4.10. The minimum absolute atomic E-state index is 0.0316. The number of carbonyl (C=O) groups is 1. The molecule has 0 unspecified atom stereocenters. The van der Waals surface area contributed by atoms with Crippen LogP contribution >= 0.6 is 0 Å². The van der Waals surface area contributed by atoms with E-state index in [0.29, 0.717) is 11.3 Å². The molecule has 0 radical (unpaired) electrons. The molecule has 0 atom stereocenters. The maximum absolute atomic E-state index is 12.1. The second kappa shape index (κ2) is 6.35. The quantitative estimate of drug-likeness (QED) is 0.673. The fraction of sp³-hybridized carbons (Fsp3) is 0.167. The van der Waals surface area contributed by atoms with E-state index in [1.165, 1.54) is 11.6 Å². The Balaban J connectivity index is 1.62. The van der Waals surface area contributed by atoms with Crippen LogP contribution in [-0.4, -0.2) is 12.6 Å². The molecule has 112 valence electrons. The molecule has 0 aliphatic carbocycles. The minimum atomic E-state index is -0.0316. The van der Waals surface area contributed by atoms with Crippen molar-refractivity contribution in [3.8, 4) is 11.5 Å². The minimum Gasteiger partial charge on any atom is -0.454 e. The maximum Gasteiger partial charge on any atom is 0.231 e. The normalized spacial score (nSPS) is 12.6. The number of ketones is 1. The van der Waals surface area contributed by atoms with Crippen molar-refractivity contribution >= 4 is 11.5 Å². The Hall–Kier alpha value is -2.75. The zero-order valence-electron chi connectivity index (χ0n) is 12.3. The topological polar surface area (TPSA) is 47.6 Å². The van der Waals surface area contributed by atoms with Gasteiger partial charge < -0.3 is 14.8 Å². The van der Waals surface area contributed by atoms with E-state index in [1.54, 1.807) is 6.20 Å². The Morgan fingerprint density at radius 2 is 1.91 bits per heavy atom. The largest absolute Gasteiger partial charge is 0.454 e. The molecule has 1 aliphatic heterocycles. The Labute approximate surface area is 129 Å². The molecule has 0 bridgehead atoms. The summed E-state index contributed by atoms with van der Waals surface area (Å²) < 4.78 is 10.6. The van der Waals surface area contributed by atoms with Crippen molar-refractivity contribution in [3.63, 3.8) is 0 Å². The number of carbonyl (C=O) groups excluding carboxylic acids is 1. The average Bonchev–Trinajstić information content (AvgIpc) is 3.02. The van der Waals surface area contributed by atoms with Gasteiger partial charge in [-0.2, -0.15) is 0 Å². The third kappa shape index (κ3) is 3.11. The summed E-state index contributed by atoms with van der Waals surface area (Å²) in [5.41, 5.74) is 2.74. The van der Waals surface area contributed by atoms with Crippen LogP contribution in [0.5, 0.6) is 11.5 Å². The molecular formula is C18H17NO3. The van der Waals surface area contributed by atoms with Crippen LogP contribution in [0.1, 0.15) is 22.8 Å². The number of benzene rings is 2. The summed E-state index contributed by atoms with van der Waals surface area (Å²) >= 11 is 0. The van der Waals surface area contributed by atoms with E-state index in [2.05, 4.69) is 12.2 Å². The van der Waals surface area contributed by atoms with Gasteiger partial charge in [-0.25, -0.2) is 0 Å². The lowest BCUT2D eigenvalue weighted by Gasteiger charge is -2.02. The fourth-order valence-corrected chi connectivity index (χ4v) is 2.20. The van der Waals surface area contributed by atoms with Gasteiger partial charge in [0.15, 0.2) is 17.3 Å². The summed E-state index contributed by atoms with van der Waals surface area (Å²) in [4.78, 5) is 12.1. The number of hydrogen-bond acceptors (Lipinski definition) is 4. The van der Waals surface area contributed by atoms with E-state index in [0.717, 1.165) is 17.9 Å². The number of fused-ring (bicyclic) bond motifs is 1. The third-order valence-corrected chi connectivity index (χ3v) is 3.50. The highest BCUT2D eigenvalue weighted by atomic mass is 16.7. The van der Waals surface area contributed by atoms with Gasteiger partial charge in [0.1, 0.15) is 0 Å². The van der Waals surface area contributed by atoms with Crippen molar-refractivity contribution in [2.75, 3.05) is 12.1 Å². The number of allylic oxidation sites excluding steroid dienone is 1. The van der Waals surface area contributed by atoms with Crippen LogP contribution in [0.25, 0.3) is 0 Å². The Morgan fingerprint density at radius 3 is 2.68 bits per heavy atom. The lowest BCUT2D eigenvalue weighted by Crippen LogP contribution is -1.96. The van der Waals surface area contributed by atoms with E-state index in [-0.39, 0.29) is 12.6 Å². The van der Waals surface area contributed by atoms with Crippen molar-refractivity contribution in [1.82, 2.24) is 0 Å². The number of nitrogens with one attached hydrogen (secondary N) is 1. The maximum atomic E-state index is 12.1. The predicted octanol–water partition coefficient (Wildman–Crippen LogP) is 3.79. The molecule has 0 fully saturated rings. The lowest BCUT2D eigenvalue weighted by atomic mass is 10.1. The molecule has 0 aromatic heterocycles. The monoisotopic (exact) mass is 295 g/mol. The number of hydrogen-bond donors (Lipinski definition) is 1. The van der Waals surface area contributed by atoms with Crippen LogP contribution < -0.4 is 14.8 Å². The lowest BCUT2D eigenvalue weighted by molar-refractivity contribution is 0.104. The van der Waals surface area contributed by atoms with Gasteiger partial charge in [-0.1, -0.05) is 31.2 Å². The smallest absolute Gasteiger partial charge is 0.231 e. The standard InChI is InChI=1S/C18H17NO3/c1-2-13-3-5-14(6-4-13)16(20)9-10-19-15-7-8-17-18(11-15)22-12-21-17/h3-11,19H,2,12H2,1H3/b10-9-. The van der Waals surface area contributed by atoms with E-state index in [9.17, 15) is 4.79 Å². The van der Waals surface area contributed by atoms with Crippen molar-refractivity contribution in [3.05, 3.63) is 65.9 Å². The zero-order valence-corrected chi connectivity index (χ0v) is 12.3. The number of anilines is 1. The second-order valence-electron chi connectivity index (χ2n) is 4.96. The van der Waals surface area contributed by atoms with Gasteiger partial charge in [-0.15, -0.1) is 0 Å². The van der Waals surface area contributed by atoms with Gasteiger partial charge in [0.2, 0.25) is 6.79 Å². The van der Waals surface area contributed by atoms with Crippen molar-refractivity contribution in [2.24, 2.45) is 0 Å². The highest BCUT2D eigenvalue weighted by Crippen LogP contribution is 2.34. The molecule has 1 heterocycles. The molecule has 4 heteroatoms. The number of rotatable bonds is 5. The van der Waals surface area contributed by atoms with Crippen LogP contribution in [0.4, 0.5) is 5.69 Å². The summed E-state index contributed by atoms with van der Waals surface area (Å²) in [5, 5.41) is 3.06. The summed E-state index contributed by atoms with van der Waals surface area (Å²) in [6, 6.07) is 13.2. The van der Waals surface area contributed by atoms with Crippen LogP contribution in [0.3, 0.4) is 0 Å². The van der Waals surface area contributed by atoms with Crippen LogP contribution in [0.15, 0.2) is 54.7 Å². The molecule has 2 aromatic rings. The van der Waals surface area contributed by atoms with E-state index in [4.69, 9.17) is 9.47 Å². The first kappa shape index (κ1) is 14.2. The van der Waals surface area contributed by atoms with Crippen molar-refractivity contribution < 1.29 is 14.3 Å². The van der Waals surface area contributed by atoms with Crippen LogP contribution in [0, 0.1) is 0 Å². The van der Waals surface area contributed by atoms with Gasteiger partial charge in [0, 0.05) is 29.6 Å². The van der Waals surface area contributed by atoms with Gasteiger partial charge in [0.25, 0.3) is 0 Å². The summed E-state index contributed by atoms with van der Waals surface area (Å²) in [6.07, 6.45) is 4.12. The Morgan fingerprint density at radius 1 is 1.14 bits per heavy atom. The van der Waals surface area contributed by atoms with Crippen molar-refractivity contribution in [1.29, 1.82) is 0 Å². The molecule has 1 N–H and O–H groups in total. The molecule has 0 saturated carbocycles. The van der Waals surface area contributed by atoms with Crippen LogP contribution in [-0.2, 0) is 6.42 Å². The molecule has 0 spiro atoms. The third-order valence-electron chi connectivity index (χ3n) is 3.50. The van der Waals surface area contributed by atoms with Gasteiger partial charge in [0.05, 0.1) is 0 Å². The van der Waals surface area contributed by atoms with Crippen molar-refractivity contribution in [2.45, 2.75) is 13.3 Å². The van der Waals surface area contributed by atoms with Gasteiger partial charge in [-0.3, -0.25) is 4.79 Å². The molecule has 1 aliphatic rings. The molecular weight excluding hydrogens is 278 g/mol. The van der Waals surface area contributed by atoms with E-state index < -0.39 is 0 Å². The van der Waals surface area contributed by atoms with Crippen LogP contribution in [0.2, 0.25) is 0 Å². The molecule has 0 amide bonds. The molecule has 3 rings (SSSR count). The first-order valence-corrected chi connectivity index (χ1v) is 7.22. The summed E-state index contributed by atoms with van der Waals surface area (Å²) in [6.45, 7) is 2.34. The second-order valence-corrected chi connectivity index (χ2v) is 4.96. The highest BCUT2D eigenvalue weighted by Gasteiger charge is 2.12. The fourth-order valence-electron chi connectivity index (χ4n) is 2.20. The SMILES string of the molecule is CCc1ccc(C(=O)/C=C\Nc2ccc3c(c2)OCO3)cc1. The Bertz CT molecular complexity index is 705. The summed E-state index contributed by atoms with van der Waals surface area (Å²) in [5.74, 6) is 1.41. The highest BCUT2D eigenvalue weighted by molar-refractivity contribution is 6.04. The van der Waals surface area contributed by atoms with E-state index in [1.807, 2.05) is 42.5 Å². The molecule has 0 saturated heterocycles. The predicted molar refractivity (Wildman–Crippen MR) is 85.5 cm³/mol. The first-order chi connectivity index (χ1) is 10.8. The summed E-state index contributed by atoms with van der Waals surface area (Å²) in [7, 11) is 0. The first-order valence-electron chi connectivity index (χ1n) is 7.22. The molecule has 2 aromatic carbocycles. The molecule has 22 heavy (non-hydrogen) atoms.